The molecule has 1 nitrogen and oxygen atoms in total. The topological polar surface area (TPSA) is 12.5 Å². The zero-order valence-electron chi connectivity index (χ0n) is 6.96. The molecule has 1 fully saturated rings. The van der Waals surface area contributed by atoms with Crippen LogP contribution in [0.4, 0.5) is 0 Å². The zero-order valence-corrected chi connectivity index (χ0v) is 6.96. The summed E-state index contributed by atoms with van der Waals surface area (Å²) in [5.41, 5.74) is 0. The first-order valence-corrected chi connectivity index (χ1v) is 4.77. The Balaban J connectivity index is 1.81. The first-order chi connectivity index (χ1) is 5.47. The van der Waals surface area contributed by atoms with Crippen molar-refractivity contribution in [3.8, 4) is 0 Å². The summed E-state index contributed by atoms with van der Waals surface area (Å²) in [6, 6.07) is 0. The Morgan fingerprint density at radius 2 is 1.73 bits per heavy atom. The van der Waals surface area contributed by atoms with Gasteiger partial charge in [-0.05, 0) is 32.1 Å². The summed E-state index contributed by atoms with van der Waals surface area (Å²) in [5, 5.41) is 0. The molecule has 0 spiro atoms. The van der Waals surface area contributed by atoms with Gasteiger partial charge < -0.3 is 4.74 Å². The van der Waals surface area contributed by atoms with Gasteiger partial charge in [0.05, 0.1) is 12.2 Å². The molecule has 0 radical (unpaired) electrons. The largest absolute Gasteiger partial charge is 0.370 e. The Morgan fingerprint density at radius 1 is 0.909 bits per heavy atom. The predicted molar refractivity (Wildman–Crippen MR) is 45.5 cm³/mol. The van der Waals surface area contributed by atoms with Gasteiger partial charge in [-0.1, -0.05) is 18.6 Å². The normalized spacial score (nSPS) is 40.7. The Hall–Kier alpha value is -0.300. The fraction of sp³-hybridized carbons (Fsp3) is 0.800. The number of fused-ring (bicyclic) bond motifs is 1. The van der Waals surface area contributed by atoms with Gasteiger partial charge in [0.1, 0.15) is 0 Å². The van der Waals surface area contributed by atoms with Crippen LogP contribution >= 0.6 is 0 Å². The summed E-state index contributed by atoms with van der Waals surface area (Å²) in [6.07, 6.45) is 13.7. The molecule has 1 saturated heterocycles. The van der Waals surface area contributed by atoms with Crippen molar-refractivity contribution in [3.63, 3.8) is 0 Å². The second kappa shape index (κ2) is 3.40. The van der Waals surface area contributed by atoms with Gasteiger partial charge in [0, 0.05) is 0 Å². The Kier molecular flexibility index (Phi) is 2.27. The van der Waals surface area contributed by atoms with Crippen molar-refractivity contribution in [1.29, 1.82) is 0 Å². The van der Waals surface area contributed by atoms with E-state index >= 15 is 0 Å². The molecule has 2 unspecified atom stereocenters. The maximum Gasteiger partial charge on any atom is 0.0844 e. The van der Waals surface area contributed by atoms with E-state index in [0.29, 0.717) is 12.2 Å². The van der Waals surface area contributed by atoms with Crippen LogP contribution in [0.3, 0.4) is 0 Å². The van der Waals surface area contributed by atoms with Gasteiger partial charge in [0.25, 0.3) is 0 Å². The van der Waals surface area contributed by atoms with E-state index < -0.39 is 0 Å². The maximum absolute atomic E-state index is 5.52. The van der Waals surface area contributed by atoms with Crippen LogP contribution in [0.15, 0.2) is 12.2 Å². The summed E-state index contributed by atoms with van der Waals surface area (Å²) in [4.78, 5) is 0. The van der Waals surface area contributed by atoms with Crippen LogP contribution in [0.1, 0.15) is 38.5 Å². The lowest BCUT2D eigenvalue weighted by Crippen LogP contribution is -1.94. The molecule has 2 aliphatic rings. The third-order valence-corrected chi connectivity index (χ3v) is 2.58. The molecule has 1 heteroatoms. The molecule has 2 rings (SSSR count). The summed E-state index contributed by atoms with van der Waals surface area (Å²) >= 11 is 0. The smallest absolute Gasteiger partial charge is 0.0844 e. The molecule has 0 aromatic carbocycles. The van der Waals surface area contributed by atoms with Gasteiger partial charge in [-0.3, -0.25) is 0 Å². The van der Waals surface area contributed by atoms with Crippen molar-refractivity contribution < 1.29 is 4.74 Å². The van der Waals surface area contributed by atoms with Gasteiger partial charge in [-0.25, -0.2) is 0 Å². The third kappa shape index (κ3) is 2.06. The molecule has 62 valence electrons. The summed E-state index contributed by atoms with van der Waals surface area (Å²) in [7, 11) is 0. The van der Waals surface area contributed by atoms with Crippen molar-refractivity contribution in [2.45, 2.75) is 50.7 Å². The van der Waals surface area contributed by atoms with E-state index in [2.05, 4.69) is 12.2 Å². The fourth-order valence-electron chi connectivity index (χ4n) is 1.79. The van der Waals surface area contributed by atoms with Crippen LogP contribution in [0, 0.1) is 0 Å². The van der Waals surface area contributed by atoms with Crippen LogP contribution in [-0.4, -0.2) is 12.2 Å². The average molecular weight is 152 g/mol. The zero-order chi connectivity index (χ0) is 7.52. The lowest BCUT2D eigenvalue weighted by molar-refractivity contribution is 0.354. The molecule has 0 bridgehead atoms. The highest BCUT2D eigenvalue weighted by molar-refractivity contribution is 4.90. The maximum atomic E-state index is 5.52. The SMILES string of the molecule is C1=C\CCC2OC2CCCC/1. The molecule has 0 aromatic rings. The summed E-state index contributed by atoms with van der Waals surface area (Å²) < 4.78 is 5.52. The van der Waals surface area contributed by atoms with Crippen LogP contribution in [0.2, 0.25) is 0 Å². The molecule has 0 aromatic heterocycles. The third-order valence-electron chi connectivity index (χ3n) is 2.58. The monoisotopic (exact) mass is 152 g/mol. The number of hydrogen-bond donors (Lipinski definition) is 0. The van der Waals surface area contributed by atoms with Crippen molar-refractivity contribution in [2.75, 3.05) is 0 Å². The van der Waals surface area contributed by atoms with Crippen LogP contribution in [0.25, 0.3) is 0 Å². The highest BCUT2D eigenvalue weighted by atomic mass is 16.6. The highest BCUT2D eigenvalue weighted by Gasteiger charge is 2.36. The Labute approximate surface area is 68.4 Å². The molecule has 2 atom stereocenters. The number of rotatable bonds is 0. The van der Waals surface area contributed by atoms with E-state index in [9.17, 15) is 0 Å². The first kappa shape index (κ1) is 7.35. The standard InChI is InChI=1S/C10H16O/c1-2-4-6-8-10-9(11-10)7-5-3-1/h1,3,9-10H,2,4-8H2/b3-1-. The highest BCUT2D eigenvalue weighted by Crippen LogP contribution is 2.31. The van der Waals surface area contributed by atoms with E-state index in [1.165, 1.54) is 38.5 Å². The fourth-order valence-corrected chi connectivity index (χ4v) is 1.79. The van der Waals surface area contributed by atoms with Crippen molar-refractivity contribution in [1.82, 2.24) is 0 Å². The lowest BCUT2D eigenvalue weighted by atomic mass is 10.1. The van der Waals surface area contributed by atoms with Gasteiger partial charge in [0.2, 0.25) is 0 Å². The van der Waals surface area contributed by atoms with E-state index in [-0.39, 0.29) is 0 Å². The number of hydrogen-bond acceptors (Lipinski definition) is 1. The van der Waals surface area contributed by atoms with E-state index in [4.69, 9.17) is 4.74 Å². The van der Waals surface area contributed by atoms with Gasteiger partial charge in [-0.2, -0.15) is 0 Å². The van der Waals surface area contributed by atoms with Gasteiger partial charge in [0.15, 0.2) is 0 Å². The lowest BCUT2D eigenvalue weighted by Gasteiger charge is -1.97. The molecule has 1 aliphatic carbocycles. The molecule has 11 heavy (non-hydrogen) atoms. The molecule has 1 heterocycles. The molecule has 0 N–H and O–H groups in total. The minimum absolute atomic E-state index is 0.623. The number of allylic oxidation sites excluding steroid dienone is 2. The number of ether oxygens (including phenoxy) is 1. The molecule has 0 amide bonds. The minimum Gasteiger partial charge on any atom is -0.370 e. The second-order valence-corrected chi connectivity index (χ2v) is 3.55. The first-order valence-electron chi connectivity index (χ1n) is 4.77. The summed E-state index contributed by atoms with van der Waals surface area (Å²) in [5.74, 6) is 0. The van der Waals surface area contributed by atoms with Crippen LogP contribution < -0.4 is 0 Å². The average Bonchev–Trinajstić information content (AvgIpc) is 2.76. The number of epoxide rings is 1. The Morgan fingerprint density at radius 3 is 2.73 bits per heavy atom. The van der Waals surface area contributed by atoms with E-state index in [1.54, 1.807) is 0 Å². The van der Waals surface area contributed by atoms with Crippen molar-refractivity contribution in [2.24, 2.45) is 0 Å². The molecule has 1 aliphatic heterocycles. The quantitative estimate of drug-likeness (QED) is 0.384. The Bertz CT molecular complexity index is 151. The minimum atomic E-state index is 0.623. The molecular formula is C10H16O. The molecular weight excluding hydrogens is 136 g/mol. The summed E-state index contributed by atoms with van der Waals surface area (Å²) in [6.45, 7) is 0. The second-order valence-electron chi connectivity index (χ2n) is 3.55. The van der Waals surface area contributed by atoms with E-state index in [0.717, 1.165) is 0 Å². The van der Waals surface area contributed by atoms with Gasteiger partial charge >= 0.3 is 0 Å². The van der Waals surface area contributed by atoms with E-state index in [1.807, 2.05) is 0 Å². The molecule has 0 saturated carbocycles. The van der Waals surface area contributed by atoms with Crippen LogP contribution in [-0.2, 0) is 4.74 Å². The van der Waals surface area contributed by atoms with Crippen molar-refractivity contribution >= 4 is 0 Å². The predicted octanol–water partition coefficient (Wildman–Crippen LogP) is 2.66. The van der Waals surface area contributed by atoms with Gasteiger partial charge in [-0.15, -0.1) is 0 Å². The van der Waals surface area contributed by atoms with Crippen LogP contribution in [0.5, 0.6) is 0 Å². The van der Waals surface area contributed by atoms with Crippen molar-refractivity contribution in [3.05, 3.63) is 12.2 Å².